The molecule has 2 heterocycles. The molecule has 0 saturated carbocycles. The van der Waals surface area contributed by atoms with Crippen molar-refractivity contribution in [3.8, 4) is 0 Å². The molecule has 134 valence electrons. The quantitative estimate of drug-likeness (QED) is 0.841. The minimum absolute atomic E-state index is 0.107. The van der Waals surface area contributed by atoms with Gasteiger partial charge < -0.3 is 5.11 Å². The second kappa shape index (κ2) is 6.42. The third-order valence-corrected chi connectivity index (χ3v) is 4.76. The lowest BCUT2D eigenvalue weighted by atomic mass is 9.99. The van der Waals surface area contributed by atoms with Gasteiger partial charge >= 0.3 is 6.18 Å². The fourth-order valence-electron chi connectivity index (χ4n) is 3.46. The van der Waals surface area contributed by atoms with Gasteiger partial charge in [-0.15, -0.1) is 0 Å². The van der Waals surface area contributed by atoms with Crippen LogP contribution in [0.15, 0.2) is 36.4 Å². The predicted octanol–water partition coefficient (Wildman–Crippen LogP) is 4.24. The lowest BCUT2D eigenvalue weighted by Gasteiger charge is -2.29. The Labute approximate surface area is 144 Å². The number of rotatable bonds is 3. The van der Waals surface area contributed by atoms with Gasteiger partial charge in [-0.25, -0.2) is 0 Å². The number of hydrogen-bond acceptors (Lipinski definition) is 3. The van der Waals surface area contributed by atoms with E-state index in [1.165, 1.54) is 6.07 Å². The number of β-amino-alcohol motifs (C(OH)–C–C–N with tert-alkyl or cyclic N) is 1. The Kier molecular flexibility index (Phi) is 4.60. The SMILES string of the molecule is Cc1cc(C(O)CN2C(C)C=CC2C)c2cccc(C(F)(F)F)c2n1. The van der Waals surface area contributed by atoms with E-state index in [1.807, 2.05) is 13.8 Å². The van der Waals surface area contributed by atoms with E-state index in [-0.39, 0.29) is 17.6 Å². The molecule has 0 saturated heterocycles. The zero-order chi connectivity index (χ0) is 18.4. The van der Waals surface area contributed by atoms with Crippen LogP contribution >= 0.6 is 0 Å². The molecule has 3 atom stereocenters. The average Bonchev–Trinajstić information content (AvgIpc) is 2.84. The molecular weight excluding hydrogens is 329 g/mol. The first-order valence-electron chi connectivity index (χ1n) is 8.28. The van der Waals surface area contributed by atoms with E-state index in [0.717, 1.165) is 6.07 Å². The Balaban J connectivity index is 2.04. The molecule has 3 rings (SSSR count). The largest absolute Gasteiger partial charge is 0.418 e. The van der Waals surface area contributed by atoms with Crippen LogP contribution in [0, 0.1) is 6.92 Å². The first-order chi connectivity index (χ1) is 11.7. The molecule has 6 heteroatoms. The van der Waals surface area contributed by atoms with Crippen LogP contribution < -0.4 is 0 Å². The molecular formula is C19H21F3N2O. The maximum absolute atomic E-state index is 13.3. The van der Waals surface area contributed by atoms with E-state index in [1.54, 1.807) is 19.1 Å². The number of alkyl halides is 3. The molecule has 1 aromatic carbocycles. The Morgan fingerprint density at radius 3 is 2.44 bits per heavy atom. The Hall–Kier alpha value is -1.92. The highest BCUT2D eigenvalue weighted by molar-refractivity contribution is 5.86. The molecule has 2 aromatic rings. The summed E-state index contributed by atoms with van der Waals surface area (Å²) in [5.74, 6) is 0. The summed E-state index contributed by atoms with van der Waals surface area (Å²) in [5, 5.41) is 11.1. The van der Waals surface area contributed by atoms with Gasteiger partial charge in [0.05, 0.1) is 17.2 Å². The summed E-state index contributed by atoms with van der Waals surface area (Å²) in [6.45, 7) is 6.06. The number of aromatic nitrogens is 1. The number of aryl methyl sites for hydroxylation is 1. The summed E-state index contributed by atoms with van der Waals surface area (Å²) in [6, 6.07) is 6.02. The molecule has 3 unspecified atom stereocenters. The van der Waals surface area contributed by atoms with Gasteiger partial charge in [-0.05, 0) is 38.5 Å². The minimum Gasteiger partial charge on any atom is -0.387 e. The Bertz CT molecular complexity index is 804. The molecule has 0 fully saturated rings. The molecule has 1 aromatic heterocycles. The summed E-state index contributed by atoms with van der Waals surface area (Å²) >= 11 is 0. The summed E-state index contributed by atoms with van der Waals surface area (Å²) in [7, 11) is 0. The fraction of sp³-hybridized carbons (Fsp3) is 0.421. The topological polar surface area (TPSA) is 36.4 Å². The monoisotopic (exact) mass is 350 g/mol. The summed E-state index contributed by atoms with van der Waals surface area (Å²) < 4.78 is 39.9. The molecule has 0 spiro atoms. The van der Waals surface area contributed by atoms with Crippen molar-refractivity contribution in [2.24, 2.45) is 0 Å². The van der Waals surface area contributed by atoms with Gasteiger partial charge in [-0.2, -0.15) is 13.2 Å². The molecule has 0 aliphatic carbocycles. The molecule has 1 N–H and O–H groups in total. The van der Waals surface area contributed by atoms with Crippen molar-refractivity contribution >= 4 is 10.9 Å². The van der Waals surface area contributed by atoms with Gasteiger partial charge in [0.25, 0.3) is 0 Å². The van der Waals surface area contributed by atoms with E-state index in [0.29, 0.717) is 23.2 Å². The Morgan fingerprint density at radius 2 is 1.84 bits per heavy atom. The summed E-state index contributed by atoms with van der Waals surface area (Å²) in [5.41, 5.74) is 0.0650. The molecule has 1 aliphatic rings. The highest BCUT2D eigenvalue weighted by atomic mass is 19.4. The van der Waals surface area contributed by atoms with E-state index >= 15 is 0 Å². The number of halogens is 3. The zero-order valence-corrected chi connectivity index (χ0v) is 14.4. The van der Waals surface area contributed by atoms with E-state index in [4.69, 9.17) is 0 Å². The number of aliphatic hydroxyl groups excluding tert-OH is 1. The van der Waals surface area contributed by atoms with Gasteiger partial charge in [0.1, 0.15) is 0 Å². The van der Waals surface area contributed by atoms with Crippen LogP contribution in [0.5, 0.6) is 0 Å². The van der Waals surface area contributed by atoms with Crippen LogP contribution in [0.25, 0.3) is 10.9 Å². The number of pyridine rings is 1. The molecule has 1 aliphatic heterocycles. The lowest BCUT2D eigenvalue weighted by molar-refractivity contribution is -0.136. The smallest absolute Gasteiger partial charge is 0.387 e. The highest BCUT2D eigenvalue weighted by Crippen LogP contribution is 2.36. The second-order valence-electron chi connectivity index (χ2n) is 6.63. The molecule has 0 bridgehead atoms. The maximum atomic E-state index is 13.3. The number of fused-ring (bicyclic) bond motifs is 1. The van der Waals surface area contributed by atoms with Crippen LogP contribution in [0.2, 0.25) is 0 Å². The van der Waals surface area contributed by atoms with Gasteiger partial charge in [0.15, 0.2) is 0 Å². The molecule has 3 nitrogen and oxygen atoms in total. The van der Waals surface area contributed by atoms with Gasteiger partial charge in [0.2, 0.25) is 0 Å². The average molecular weight is 350 g/mol. The van der Waals surface area contributed by atoms with E-state index in [2.05, 4.69) is 22.0 Å². The number of hydrogen-bond donors (Lipinski definition) is 1. The lowest BCUT2D eigenvalue weighted by Crippen LogP contribution is -2.37. The fourth-order valence-corrected chi connectivity index (χ4v) is 3.46. The van der Waals surface area contributed by atoms with Crippen molar-refractivity contribution in [3.05, 3.63) is 53.2 Å². The third-order valence-electron chi connectivity index (χ3n) is 4.76. The van der Waals surface area contributed by atoms with Crippen LogP contribution in [-0.4, -0.2) is 33.6 Å². The van der Waals surface area contributed by atoms with Crippen LogP contribution in [-0.2, 0) is 6.18 Å². The number of para-hydroxylation sites is 1. The van der Waals surface area contributed by atoms with Gasteiger partial charge in [-0.1, -0.05) is 24.3 Å². The van der Waals surface area contributed by atoms with Crippen molar-refractivity contribution < 1.29 is 18.3 Å². The number of benzene rings is 1. The van der Waals surface area contributed by atoms with Crippen molar-refractivity contribution in [1.29, 1.82) is 0 Å². The van der Waals surface area contributed by atoms with E-state index in [9.17, 15) is 18.3 Å². The highest BCUT2D eigenvalue weighted by Gasteiger charge is 2.34. The van der Waals surface area contributed by atoms with Crippen molar-refractivity contribution in [1.82, 2.24) is 9.88 Å². The van der Waals surface area contributed by atoms with Crippen LogP contribution in [0.1, 0.15) is 36.8 Å². The van der Waals surface area contributed by atoms with Crippen molar-refractivity contribution in [3.63, 3.8) is 0 Å². The summed E-state index contributed by atoms with van der Waals surface area (Å²) in [4.78, 5) is 6.20. The van der Waals surface area contributed by atoms with E-state index < -0.39 is 17.8 Å². The molecule has 0 amide bonds. The summed E-state index contributed by atoms with van der Waals surface area (Å²) in [6.07, 6.45) is -1.24. The number of nitrogens with zero attached hydrogens (tertiary/aromatic N) is 2. The van der Waals surface area contributed by atoms with Crippen molar-refractivity contribution in [2.45, 2.75) is 45.1 Å². The number of aliphatic hydroxyl groups is 1. The predicted molar refractivity (Wildman–Crippen MR) is 91.2 cm³/mol. The first kappa shape index (κ1) is 17.9. The zero-order valence-electron chi connectivity index (χ0n) is 14.4. The third kappa shape index (κ3) is 3.41. The first-order valence-corrected chi connectivity index (χ1v) is 8.28. The van der Waals surface area contributed by atoms with Crippen molar-refractivity contribution in [2.75, 3.05) is 6.54 Å². The van der Waals surface area contributed by atoms with Gasteiger partial charge in [-0.3, -0.25) is 9.88 Å². The van der Waals surface area contributed by atoms with Crippen LogP contribution in [0.3, 0.4) is 0 Å². The maximum Gasteiger partial charge on any atom is 0.418 e. The van der Waals surface area contributed by atoms with Crippen LogP contribution in [0.4, 0.5) is 13.2 Å². The normalized spacial score (nSPS) is 22.7. The van der Waals surface area contributed by atoms with Gasteiger partial charge in [0, 0.05) is 29.7 Å². The Morgan fingerprint density at radius 1 is 1.20 bits per heavy atom. The molecule has 0 radical (unpaired) electrons. The standard InChI is InChI=1S/C19H21F3N2O/c1-11-9-15(17(25)10-24-12(2)7-8-13(24)3)14-5-4-6-16(18(14)23-11)19(20,21)22/h4-9,12-13,17,25H,10H2,1-3H3. The minimum atomic E-state index is -4.48. The molecule has 25 heavy (non-hydrogen) atoms. The second-order valence-corrected chi connectivity index (χ2v) is 6.63.